The fraction of sp³-hybridized carbons (Fsp3) is 0.273. The summed E-state index contributed by atoms with van der Waals surface area (Å²) in [7, 11) is -9.02. The maximum absolute atomic E-state index is 10.9. The second-order valence-electron chi connectivity index (χ2n) is 4.78. The Morgan fingerprint density at radius 1 is 1.04 bits per heavy atom. The zero-order chi connectivity index (χ0) is 20.0. The van der Waals surface area contributed by atoms with Crippen LogP contribution in [0.2, 0.25) is 0 Å². The number of hydrogen-bond acceptors (Lipinski definition) is 5. The molecule has 10 nitrogen and oxygen atoms in total. The number of anilines is 2. The fourth-order valence-electron chi connectivity index (χ4n) is 1.61. The monoisotopic (exact) mass is 460 g/mol. The largest absolute Gasteiger partial charge is 0.429 e. The Morgan fingerprint density at radius 2 is 1.58 bits per heavy atom. The Kier molecular flexibility index (Phi) is 8.94. The van der Waals surface area contributed by atoms with Crippen LogP contribution < -0.4 is 20.8 Å². The number of thioether (sulfide) groups is 1. The smallest absolute Gasteiger partial charge is 0.332 e. The zero-order valence-electron chi connectivity index (χ0n) is 13.4. The lowest BCUT2D eigenvalue weighted by Gasteiger charge is -2.16. The minimum absolute atomic E-state index is 0.240. The van der Waals surface area contributed by atoms with E-state index in [0.717, 1.165) is 12.2 Å². The van der Waals surface area contributed by atoms with Gasteiger partial charge in [0.05, 0.1) is 5.69 Å². The third kappa shape index (κ3) is 9.81. The van der Waals surface area contributed by atoms with Gasteiger partial charge in [-0.2, -0.15) is 0 Å². The van der Waals surface area contributed by atoms with Crippen LogP contribution in [0.5, 0.6) is 0 Å². The number of nitrogens with one attached hydrogen (secondary N) is 4. The summed E-state index contributed by atoms with van der Waals surface area (Å²) in [6.07, 6.45) is 0.880. The zero-order valence-corrected chi connectivity index (χ0v) is 17.6. The van der Waals surface area contributed by atoms with Crippen molar-refractivity contribution >= 4 is 73.3 Å². The molecule has 1 aromatic carbocycles. The van der Waals surface area contributed by atoms with Crippen molar-refractivity contribution in [2.45, 2.75) is 18.2 Å². The molecule has 0 aliphatic rings. The Hall–Kier alpha value is -0.750. The Labute approximate surface area is 165 Å². The Morgan fingerprint density at radius 3 is 2.08 bits per heavy atom. The van der Waals surface area contributed by atoms with Gasteiger partial charge in [0.1, 0.15) is 0 Å². The molecule has 0 radical (unpaired) electrons. The molecule has 0 aromatic heterocycles. The van der Waals surface area contributed by atoms with E-state index in [2.05, 4.69) is 10.6 Å². The van der Waals surface area contributed by atoms with Crippen molar-refractivity contribution in [3.63, 3.8) is 0 Å². The molecule has 0 aliphatic heterocycles. The average molecular weight is 460 g/mol. The van der Waals surface area contributed by atoms with Crippen LogP contribution in [0, 0.1) is 0 Å². The van der Waals surface area contributed by atoms with Crippen LogP contribution in [-0.2, 0) is 9.13 Å². The predicted octanol–water partition coefficient (Wildman–Crippen LogP) is 1.95. The highest BCUT2D eigenvalue weighted by atomic mass is 32.2. The molecule has 8 N–H and O–H groups in total. The minimum Gasteiger partial charge on any atom is -0.332 e. The van der Waals surface area contributed by atoms with Gasteiger partial charge in [-0.15, -0.1) is 11.8 Å². The van der Waals surface area contributed by atoms with Gasteiger partial charge in [0.2, 0.25) is 0 Å². The average Bonchev–Trinajstić information content (AvgIpc) is 2.43. The van der Waals surface area contributed by atoms with Gasteiger partial charge < -0.3 is 30.2 Å². The van der Waals surface area contributed by atoms with Crippen molar-refractivity contribution in [2.75, 3.05) is 16.4 Å². The summed E-state index contributed by atoms with van der Waals surface area (Å²) in [5.74, 6) is 0.766. The normalized spacial score (nSPS) is 11.6. The van der Waals surface area contributed by atoms with Gasteiger partial charge in [-0.1, -0.05) is 6.92 Å². The first kappa shape index (κ1) is 23.3. The predicted molar refractivity (Wildman–Crippen MR) is 110 cm³/mol. The molecule has 0 bridgehead atoms. The summed E-state index contributed by atoms with van der Waals surface area (Å²) in [6, 6.07) is 4.82. The highest BCUT2D eigenvalue weighted by Gasteiger charge is 2.17. The van der Waals surface area contributed by atoms with E-state index in [0.29, 0.717) is 16.3 Å². The molecular formula is C11H18N4O6P2S3. The number of benzene rings is 1. The van der Waals surface area contributed by atoms with Crippen molar-refractivity contribution < 1.29 is 28.7 Å². The van der Waals surface area contributed by atoms with Crippen LogP contribution in [0.15, 0.2) is 23.1 Å². The molecule has 1 aromatic rings. The quantitative estimate of drug-likeness (QED) is 0.169. The molecule has 0 heterocycles. The Bertz CT molecular complexity index is 768. The number of rotatable bonds is 7. The summed E-state index contributed by atoms with van der Waals surface area (Å²) in [6.45, 7) is 1.99. The van der Waals surface area contributed by atoms with E-state index in [4.69, 9.17) is 44.0 Å². The standard InChI is InChI=1S/C11H18N4O6P2S3/c1-2-5-26-9-6-7(12-10(24)14-22(16,17)18)3-4-8(9)13-11(25)15-23(19,20)21/h3-4,6H,2,5H2,1H3,(H4,12,14,16,17,18,24)(H4,13,15,19,20,21,25). The van der Waals surface area contributed by atoms with Crippen LogP contribution in [0.1, 0.15) is 13.3 Å². The molecule has 0 saturated heterocycles. The van der Waals surface area contributed by atoms with Crippen molar-refractivity contribution in [1.82, 2.24) is 10.2 Å². The topological polar surface area (TPSA) is 163 Å². The van der Waals surface area contributed by atoms with Gasteiger partial charge in [0.15, 0.2) is 10.2 Å². The molecule has 0 spiro atoms. The second kappa shape index (κ2) is 9.98. The molecule has 26 heavy (non-hydrogen) atoms. The molecule has 0 fully saturated rings. The van der Waals surface area contributed by atoms with E-state index in [9.17, 15) is 9.13 Å². The van der Waals surface area contributed by atoms with E-state index >= 15 is 0 Å². The van der Waals surface area contributed by atoms with Gasteiger partial charge in [-0.3, -0.25) is 10.2 Å². The van der Waals surface area contributed by atoms with Crippen LogP contribution >= 0.6 is 51.7 Å². The number of hydrogen-bond donors (Lipinski definition) is 8. The first-order valence-corrected chi connectivity index (χ1v) is 12.0. The van der Waals surface area contributed by atoms with Crippen molar-refractivity contribution in [1.29, 1.82) is 0 Å². The van der Waals surface area contributed by atoms with E-state index in [-0.39, 0.29) is 10.2 Å². The van der Waals surface area contributed by atoms with Crippen LogP contribution in [-0.4, -0.2) is 35.6 Å². The van der Waals surface area contributed by atoms with Gasteiger partial charge in [0.25, 0.3) is 0 Å². The van der Waals surface area contributed by atoms with Crippen molar-refractivity contribution in [2.24, 2.45) is 0 Å². The summed E-state index contributed by atoms with van der Waals surface area (Å²) in [4.78, 5) is 36.2. The molecule has 0 aliphatic carbocycles. The second-order valence-corrected chi connectivity index (χ2v) is 9.36. The highest BCUT2D eigenvalue weighted by Crippen LogP contribution is 2.33. The first-order chi connectivity index (χ1) is 11.9. The lowest BCUT2D eigenvalue weighted by molar-refractivity contribution is 0.365. The highest BCUT2D eigenvalue weighted by molar-refractivity contribution is 7.99. The third-order valence-corrected chi connectivity index (χ3v) is 5.45. The SMILES string of the molecule is CCCSc1cc(NC(=S)NP(=O)(O)O)ccc1NC(=S)NP(=O)(O)O. The maximum atomic E-state index is 10.9. The van der Waals surface area contributed by atoms with Crippen molar-refractivity contribution in [3.05, 3.63) is 18.2 Å². The summed E-state index contributed by atoms with van der Waals surface area (Å²) in [5.41, 5.74) is 0.975. The van der Waals surface area contributed by atoms with Gasteiger partial charge >= 0.3 is 15.5 Å². The van der Waals surface area contributed by atoms with E-state index in [1.54, 1.807) is 18.2 Å². The molecule has 1 rings (SSSR count). The molecule has 0 unspecified atom stereocenters. The molecule has 146 valence electrons. The molecule has 15 heteroatoms. The molecule has 0 amide bonds. The minimum atomic E-state index is -4.52. The maximum Gasteiger partial charge on any atom is 0.429 e. The van der Waals surface area contributed by atoms with Crippen LogP contribution in [0.3, 0.4) is 0 Å². The number of thiocarbonyl (C=S) groups is 2. The molecule has 0 atom stereocenters. The Balaban J connectivity index is 2.95. The van der Waals surface area contributed by atoms with Crippen LogP contribution in [0.25, 0.3) is 0 Å². The van der Waals surface area contributed by atoms with Gasteiger partial charge in [-0.25, -0.2) is 9.13 Å². The van der Waals surface area contributed by atoms with E-state index in [1.807, 2.05) is 17.1 Å². The van der Waals surface area contributed by atoms with Crippen molar-refractivity contribution in [3.8, 4) is 0 Å². The molecule has 0 saturated carbocycles. The fourth-order valence-corrected chi connectivity index (χ4v) is 4.10. The summed E-state index contributed by atoms with van der Waals surface area (Å²) < 4.78 is 21.8. The van der Waals surface area contributed by atoms with E-state index in [1.165, 1.54) is 11.8 Å². The summed E-state index contributed by atoms with van der Waals surface area (Å²) in [5, 5.41) is 8.58. The van der Waals surface area contributed by atoms with Gasteiger partial charge in [0, 0.05) is 10.6 Å². The summed E-state index contributed by atoms with van der Waals surface area (Å²) >= 11 is 11.1. The third-order valence-electron chi connectivity index (χ3n) is 2.44. The van der Waals surface area contributed by atoms with Gasteiger partial charge in [-0.05, 0) is 54.8 Å². The first-order valence-electron chi connectivity index (χ1n) is 6.96. The lowest BCUT2D eigenvalue weighted by atomic mass is 10.3. The van der Waals surface area contributed by atoms with Crippen LogP contribution in [0.4, 0.5) is 11.4 Å². The lowest BCUT2D eigenvalue weighted by Crippen LogP contribution is -2.26. The molecular weight excluding hydrogens is 442 g/mol. The van der Waals surface area contributed by atoms with E-state index < -0.39 is 15.5 Å².